The number of rotatable bonds is 7. The van der Waals surface area contributed by atoms with Gasteiger partial charge in [0.1, 0.15) is 48.3 Å². The minimum atomic E-state index is -1.54. The van der Waals surface area contributed by atoms with Crippen molar-refractivity contribution in [1.82, 2.24) is 46.3 Å². The molecule has 9 unspecified atom stereocenters. The lowest BCUT2D eigenvalue weighted by Gasteiger charge is -2.34. The molecule has 0 radical (unpaired) electrons. The van der Waals surface area contributed by atoms with Gasteiger partial charge in [0.25, 0.3) is 5.91 Å². The van der Waals surface area contributed by atoms with Crippen molar-refractivity contribution in [1.29, 1.82) is 0 Å². The Morgan fingerprint density at radius 3 is 1.67 bits per heavy atom. The average Bonchev–Trinajstić information content (AvgIpc) is 4.15. The van der Waals surface area contributed by atoms with Gasteiger partial charge in [-0.1, -0.05) is 76.2 Å². The maximum Gasteiger partial charge on any atom is 0.250 e. The minimum absolute atomic E-state index is 0.0837. The van der Waals surface area contributed by atoms with Gasteiger partial charge in [-0.15, -0.1) is 0 Å². The van der Waals surface area contributed by atoms with Crippen molar-refractivity contribution in [2.75, 3.05) is 19.6 Å². The van der Waals surface area contributed by atoms with Crippen molar-refractivity contribution in [3.05, 3.63) is 71.9 Å². The highest BCUT2D eigenvalue weighted by atomic mass is 16.3. The van der Waals surface area contributed by atoms with Gasteiger partial charge in [0.05, 0.1) is 6.10 Å². The molecule has 3 aromatic rings. The molecular weight excluding hydrogens is 859 g/mol. The molecule has 7 N–H and O–H groups in total. The summed E-state index contributed by atoms with van der Waals surface area (Å²) in [6.07, 6.45) is 2.70. The second kappa shape index (κ2) is 21.1. The number of hydrogen-bond acceptors (Lipinski definition) is 9. The van der Waals surface area contributed by atoms with Crippen LogP contribution in [0.15, 0.2) is 60.8 Å². The molecule has 4 saturated heterocycles. The second-order valence-corrected chi connectivity index (χ2v) is 19.2. The average molecular weight is 924 g/mol. The first-order chi connectivity index (χ1) is 32.0. The summed E-state index contributed by atoms with van der Waals surface area (Å²) < 4.78 is 0. The fourth-order valence-corrected chi connectivity index (χ4v) is 10.0. The Balaban J connectivity index is 1.28. The van der Waals surface area contributed by atoms with Gasteiger partial charge >= 0.3 is 0 Å². The molecule has 0 spiro atoms. The van der Waals surface area contributed by atoms with Gasteiger partial charge < -0.3 is 51.4 Å². The normalized spacial score (nSPS) is 28.1. The third-order valence-electron chi connectivity index (χ3n) is 13.5. The van der Waals surface area contributed by atoms with Crippen molar-refractivity contribution < 1.29 is 43.5 Å². The highest BCUT2D eigenvalue weighted by molar-refractivity contribution is 6.01. The van der Waals surface area contributed by atoms with E-state index >= 15 is 4.79 Å². The van der Waals surface area contributed by atoms with Crippen LogP contribution in [0.2, 0.25) is 0 Å². The summed E-state index contributed by atoms with van der Waals surface area (Å²) in [6.45, 7) is 9.08. The molecule has 4 aliphatic rings. The van der Waals surface area contributed by atoms with E-state index in [2.05, 4.69) is 31.6 Å². The number of aromatic amines is 1. The van der Waals surface area contributed by atoms with Crippen LogP contribution in [0.1, 0.15) is 96.7 Å². The van der Waals surface area contributed by atoms with Gasteiger partial charge in [0.15, 0.2) is 0 Å². The topological polar surface area (TPSA) is 242 Å². The molecule has 4 aliphatic heterocycles. The van der Waals surface area contributed by atoms with Gasteiger partial charge in [0.2, 0.25) is 41.4 Å². The Hall–Kier alpha value is -6.30. The number of aromatic nitrogens is 1. The number of benzene rings is 2. The smallest absolute Gasteiger partial charge is 0.250 e. The summed E-state index contributed by atoms with van der Waals surface area (Å²) in [5.41, 5.74) is 1.92. The lowest BCUT2D eigenvalue weighted by Crippen LogP contribution is -2.62. The van der Waals surface area contributed by atoms with E-state index in [0.29, 0.717) is 35.7 Å². The number of aliphatic hydroxyl groups excluding tert-OH is 1. The molecule has 1 aromatic heterocycles. The van der Waals surface area contributed by atoms with E-state index in [0.717, 1.165) is 5.56 Å². The minimum Gasteiger partial charge on any atom is -0.391 e. The number of amides is 8. The zero-order valence-electron chi connectivity index (χ0n) is 39.0. The number of hydrogen-bond donors (Lipinski definition) is 7. The van der Waals surface area contributed by atoms with Gasteiger partial charge in [-0.05, 0) is 75.3 Å². The summed E-state index contributed by atoms with van der Waals surface area (Å²) in [5, 5.41) is 25.7. The van der Waals surface area contributed by atoms with E-state index in [1.165, 1.54) is 21.6 Å². The second-order valence-electron chi connectivity index (χ2n) is 19.2. The van der Waals surface area contributed by atoms with E-state index in [1.807, 2.05) is 68.4 Å². The summed E-state index contributed by atoms with van der Waals surface area (Å²) in [4.78, 5) is 123. The van der Waals surface area contributed by atoms with Crippen molar-refractivity contribution in [3.63, 3.8) is 0 Å². The first-order valence-electron chi connectivity index (χ1n) is 23.7. The largest absolute Gasteiger partial charge is 0.391 e. The van der Waals surface area contributed by atoms with Crippen LogP contribution in [0.5, 0.6) is 0 Å². The van der Waals surface area contributed by atoms with E-state index < -0.39 is 108 Å². The third-order valence-corrected chi connectivity index (χ3v) is 13.5. The van der Waals surface area contributed by atoms with Crippen LogP contribution in [0.4, 0.5) is 0 Å². The monoisotopic (exact) mass is 923 g/mol. The summed E-state index contributed by atoms with van der Waals surface area (Å²) in [7, 11) is 0. The quantitative estimate of drug-likeness (QED) is 0.182. The predicted molar refractivity (Wildman–Crippen MR) is 247 cm³/mol. The molecular formula is C49H65N9O9. The van der Waals surface area contributed by atoms with E-state index in [1.54, 1.807) is 20.0 Å². The van der Waals surface area contributed by atoms with Crippen LogP contribution in [-0.4, -0.2) is 140 Å². The predicted octanol–water partition coefficient (Wildman–Crippen LogP) is 1.58. The van der Waals surface area contributed by atoms with Crippen LogP contribution in [-0.2, 0) is 44.8 Å². The van der Waals surface area contributed by atoms with Gasteiger partial charge in [0, 0.05) is 48.7 Å². The number of carbonyl (C=O) groups excluding carboxylic acids is 8. The lowest BCUT2D eigenvalue weighted by atomic mass is 9.99. The van der Waals surface area contributed by atoms with Gasteiger partial charge in [-0.25, -0.2) is 0 Å². The van der Waals surface area contributed by atoms with E-state index in [4.69, 9.17) is 0 Å². The summed E-state index contributed by atoms with van der Waals surface area (Å²) in [5.74, 6) is -5.55. The van der Waals surface area contributed by atoms with Crippen LogP contribution in [0.3, 0.4) is 0 Å². The van der Waals surface area contributed by atoms with E-state index in [9.17, 15) is 38.7 Å². The molecule has 8 amide bonds. The van der Waals surface area contributed by atoms with Gasteiger partial charge in [-0.3, -0.25) is 38.4 Å². The Morgan fingerprint density at radius 2 is 1.09 bits per heavy atom. The van der Waals surface area contributed by atoms with Gasteiger partial charge in [-0.2, -0.15) is 0 Å². The molecule has 360 valence electrons. The molecule has 0 bridgehead atoms. The molecule has 4 fully saturated rings. The number of carbonyl (C=O) groups is 8. The summed E-state index contributed by atoms with van der Waals surface area (Å²) >= 11 is 0. The van der Waals surface area contributed by atoms with Crippen LogP contribution in [0, 0.1) is 11.8 Å². The van der Waals surface area contributed by atoms with Crippen molar-refractivity contribution >= 4 is 58.2 Å². The summed E-state index contributed by atoms with van der Waals surface area (Å²) in [6, 6.07) is 7.08. The van der Waals surface area contributed by atoms with Crippen LogP contribution in [0.25, 0.3) is 10.9 Å². The zero-order valence-corrected chi connectivity index (χ0v) is 39.0. The van der Waals surface area contributed by atoms with Crippen LogP contribution < -0.4 is 26.6 Å². The zero-order chi connectivity index (χ0) is 48.1. The van der Waals surface area contributed by atoms with Crippen LogP contribution >= 0.6 is 0 Å². The molecule has 9 atom stereocenters. The van der Waals surface area contributed by atoms with Crippen molar-refractivity contribution in [3.8, 4) is 0 Å². The van der Waals surface area contributed by atoms with E-state index in [-0.39, 0.29) is 57.7 Å². The Kier molecular flexibility index (Phi) is 15.3. The molecule has 0 saturated carbocycles. The number of nitrogens with zero attached hydrogens (tertiary/aromatic N) is 3. The lowest BCUT2D eigenvalue weighted by molar-refractivity contribution is -0.146. The fraction of sp³-hybridized carbons (Fsp3) is 0.551. The van der Waals surface area contributed by atoms with Crippen molar-refractivity contribution in [2.24, 2.45) is 11.8 Å². The standard InChI is InChI=1S/C49H65N9O9/c1-27(2)24-34-42(60)54-40(29(5)59)46(64)53-39(28(3)4)48(66)57-22-13-20-38(57)45(63)55-41(32-26-50-33-17-10-9-16-31(32)33)49(67)58-23-12-19-37(58)44(62)52-35(25-30-14-7-6-8-15-30)47(65)56-21-11-18-36(56)43(61)51-34/h6-10,14-17,26-29,34-41,50,59H,11-13,18-25H2,1-5H3,(H,51,61)(H,52,62)(H,53,64)(H,54,60)(H,55,63). The molecule has 7 rings (SSSR count). The maximum absolute atomic E-state index is 15.0. The number of H-pyrrole nitrogens is 1. The molecule has 2 aromatic carbocycles. The van der Waals surface area contributed by atoms with Crippen molar-refractivity contribution in [2.45, 2.75) is 140 Å². The highest BCUT2D eigenvalue weighted by Gasteiger charge is 2.45. The number of nitrogens with one attached hydrogen (secondary N) is 6. The maximum atomic E-state index is 15.0. The first kappa shape index (κ1) is 48.6. The Bertz CT molecular complexity index is 2330. The molecule has 67 heavy (non-hydrogen) atoms. The first-order valence-corrected chi connectivity index (χ1v) is 23.7. The highest BCUT2D eigenvalue weighted by Crippen LogP contribution is 2.31. The molecule has 18 heteroatoms. The number of aliphatic hydroxyl groups is 1. The Morgan fingerprint density at radius 1 is 0.567 bits per heavy atom. The number of fused-ring (bicyclic) bond motifs is 4. The molecule has 0 aliphatic carbocycles. The molecule has 18 nitrogen and oxygen atoms in total. The molecule has 5 heterocycles. The number of para-hydroxylation sites is 1. The fourth-order valence-electron chi connectivity index (χ4n) is 10.0. The SMILES string of the molecule is CC(C)CC1NC(=O)C2CCCN2C(=O)C(Cc2ccccc2)NC(=O)C2CCCN2C(=O)C(c2c[nH]c3ccccc23)NC(=O)C2CCCN2C(=O)C(C(C)C)NC(=O)C(C(C)O)NC1=O. The Labute approximate surface area is 390 Å². The third kappa shape index (κ3) is 10.8.